The number of aryl methyl sites for hydroxylation is 2. The van der Waals surface area contributed by atoms with Gasteiger partial charge in [-0.3, -0.25) is 9.88 Å². The second-order valence-electron chi connectivity index (χ2n) is 8.19. The van der Waals surface area contributed by atoms with Gasteiger partial charge in [0, 0.05) is 44.1 Å². The number of β-amino-alcohol motifs (C(OH)–C–C–N with tert-alkyl or cyclic N) is 1. The van der Waals surface area contributed by atoms with E-state index < -0.39 is 0 Å². The number of aromatic amines is 1. The molecule has 1 atom stereocenters. The fourth-order valence-electron chi connectivity index (χ4n) is 4.63. The number of hydrogen-bond acceptors (Lipinski definition) is 6. The van der Waals surface area contributed by atoms with Crippen molar-refractivity contribution in [2.45, 2.75) is 52.2 Å². The van der Waals surface area contributed by atoms with Crippen LogP contribution in [0.3, 0.4) is 0 Å². The lowest BCUT2D eigenvalue weighted by Gasteiger charge is -2.49. The molecule has 2 aliphatic heterocycles. The summed E-state index contributed by atoms with van der Waals surface area (Å²) in [6, 6.07) is 0. The van der Waals surface area contributed by atoms with Gasteiger partial charge in [0.1, 0.15) is 11.6 Å². The Morgan fingerprint density at radius 3 is 2.78 bits per heavy atom. The Kier molecular flexibility index (Phi) is 5.14. The van der Waals surface area contributed by atoms with E-state index in [9.17, 15) is 5.11 Å². The van der Waals surface area contributed by atoms with Crippen molar-refractivity contribution in [1.82, 2.24) is 24.8 Å². The van der Waals surface area contributed by atoms with Gasteiger partial charge in [-0.1, -0.05) is 6.92 Å². The van der Waals surface area contributed by atoms with Crippen molar-refractivity contribution in [2.24, 2.45) is 5.41 Å². The van der Waals surface area contributed by atoms with Crippen LogP contribution in [0.5, 0.6) is 0 Å². The van der Waals surface area contributed by atoms with Gasteiger partial charge in [-0.2, -0.15) is 0 Å². The van der Waals surface area contributed by atoms with Crippen molar-refractivity contribution in [3.63, 3.8) is 0 Å². The number of piperidine rings is 2. The molecule has 2 N–H and O–H groups in total. The Balaban J connectivity index is 1.40. The first-order chi connectivity index (χ1) is 13.1. The van der Waals surface area contributed by atoms with E-state index in [4.69, 9.17) is 4.98 Å². The van der Waals surface area contributed by atoms with Crippen LogP contribution >= 0.6 is 0 Å². The van der Waals surface area contributed by atoms with Gasteiger partial charge in [-0.05, 0) is 44.7 Å². The topological polar surface area (TPSA) is 81.2 Å². The Morgan fingerprint density at radius 2 is 2.11 bits per heavy atom. The van der Waals surface area contributed by atoms with Crippen LogP contribution < -0.4 is 4.90 Å². The van der Waals surface area contributed by atoms with Crippen LogP contribution in [0.25, 0.3) is 0 Å². The van der Waals surface area contributed by atoms with E-state index in [-0.39, 0.29) is 11.5 Å². The maximum Gasteiger partial charge on any atom is 0.147 e. The first-order valence-corrected chi connectivity index (χ1v) is 10.0. The number of nitrogens with zero attached hydrogens (tertiary/aromatic N) is 5. The first kappa shape index (κ1) is 18.4. The van der Waals surface area contributed by atoms with E-state index in [0.717, 1.165) is 63.5 Å². The molecule has 2 saturated heterocycles. The molecule has 4 rings (SSSR count). The van der Waals surface area contributed by atoms with Gasteiger partial charge in [0.15, 0.2) is 0 Å². The van der Waals surface area contributed by atoms with Gasteiger partial charge in [0.05, 0.1) is 18.0 Å². The van der Waals surface area contributed by atoms with Crippen molar-refractivity contribution < 1.29 is 5.11 Å². The maximum atomic E-state index is 10.5. The molecule has 2 aromatic heterocycles. The third kappa shape index (κ3) is 3.99. The molecule has 146 valence electrons. The van der Waals surface area contributed by atoms with E-state index >= 15 is 0 Å². The first-order valence-electron chi connectivity index (χ1n) is 10.0. The zero-order valence-corrected chi connectivity index (χ0v) is 16.4. The van der Waals surface area contributed by atoms with Gasteiger partial charge in [-0.15, -0.1) is 0 Å². The van der Waals surface area contributed by atoms with Crippen LogP contribution in [0.2, 0.25) is 0 Å². The quantitative estimate of drug-likeness (QED) is 0.856. The van der Waals surface area contributed by atoms with E-state index in [1.54, 1.807) is 18.6 Å². The van der Waals surface area contributed by atoms with E-state index in [1.807, 2.05) is 0 Å². The summed E-state index contributed by atoms with van der Waals surface area (Å²) in [4.78, 5) is 21.4. The molecular weight excluding hydrogens is 340 g/mol. The molecule has 2 aromatic rings. The summed E-state index contributed by atoms with van der Waals surface area (Å²) < 4.78 is 0. The molecule has 7 nitrogen and oxygen atoms in total. The zero-order chi connectivity index (χ0) is 18.9. The van der Waals surface area contributed by atoms with Gasteiger partial charge in [-0.25, -0.2) is 9.97 Å². The average molecular weight is 371 g/mol. The molecule has 27 heavy (non-hydrogen) atoms. The molecule has 1 unspecified atom stereocenters. The summed E-state index contributed by atoms with van der Waals surface area (Å²) in [7, 11) is 0. The van der Waals surface area contributed by atoms with Crippen molar-refractivity contribution >= 4 is 5.82 Å². The van der Waals surface area contributed by atoms with Gasteiger partial charge < -0.3 is 15.0 Å². The van der Waals surface area contributed by atoms with Gasteiger partial charge >= 0.3 is 0 Å². The summed E-state index contributed by atoms with van der Waals surface area (Å²) in [5.74, 6) is 1.95. The largest absolute Gasteiger partial charge is 0.391 e. The second kappa shape index (κ2) is 7.56. The molecule has 1 spiro atoms. The molecule has 4 heterocycles. The Labute approximate surface area is 160 Å². The fourth-order valence-corrected chi connectivity index (χ4v) is 4.63. The molecule has 0 aromatic carbocycles. The lowest BCUT2D eigenvalue weighted by atomic mass is 9.71. The maximum absolute atomic E-state index is 10.5. The number of imidazole rings is 1. The number of nitrogens with one attached hydrogen (secondary N) is 1. The summed E-state index contributed by atoms with van der Waals surface area (Å²) in [5, 5.41) is 10.5. The van der Waals surface area contributed by atoms with Crippen LogP contribution in [0, 0.1) is 12.3 Å². The highest BCUT2D eigenvalue weighted by Crippen LogP contribution is 2.41. The summed E-state index contributed by atoms with van der Waals surface area (Å²) in [6.45, 7) is 8.86. The van der Waals surface area contributed by atoms with Crippen molar-refractivity contribution in [1.29, 1.82) is 0 Å². The predicted octanol–water partition coefficient (Wildman–Crippen LogP) is 1.92. The minimum Gasteiger partial charge on any atom is -0.391 e. The smallest absolute Gasteiger partial charge is 0.147 e. The summed E-state index contributed by atoms with van der Waals surface area (Å²) in [5.41, 5.74) is 2.53. The SMILES string of the molecule is CCc1nc(CN2CCC3(CC2)CC(O)CN(c2cnccn2)C3)c(C)[nH]1. The number of aliphatic hydroxyl groups is 1. The standard InChI is InChI=1S/C20H30N6O/c1-3-18-23-15(2)17(24-18)13-25-8-4-20(5-9-25)10-16(27)12-26(14-20)19-11-21-6-7-22-19/h6-7,11,16,27H,3-5,8-10,12-14H2,1-2H3,(H,23,24). The number of H-pyrrole nitrogens is 1. The molecule has 0 bridgehead atoms. The lowest BCUT2D eigenvalue weighted by molar-refractivity contribution is 0.0241. The van der Waals surface area contributed by atoms with Gasteiger partial charge in [0.25, 0.3) is 0 Å². The monoisotopic (exact) mass is 370 g/mol. The predicted molar refractivity (Wildman–Crippen MR) is 105 cm³/mol. The normalized spacial score (nSPS) is 23.1. The lowest BCUT2D eigenvalue weighted by Crippen LogP contribution is -2.54. The highest BCUT2D eigenvalue weighted by Gasteiger charge is 2.42. The molecule has 0 aliphatic carbocycles. The van der Waals surface area contributed by atoms with Gasteiger partial charge in [0.2, 0.25) is 0 Å². The van der Waals surface area contributed by atoms with E-state index in [1.165, 1.54) is 11.4 Å². The number of rotatable bonds is 4. The third-order valence-electron chi connectivity index (χ3n) is 6.16. The van der Waals surface area contributed by atoms with Crippen LogP contribution in [-0.4, -0.2) is 62.2 Å². The van der Waals surface area contributed by atoms with E-state index in [2.05, 4.69) is 38.6 Å². The van der Waals surface area contributed by atoms with Crippen molar-refractivity contribution in [3.05, 3.63) is 35.8 Å². The summed E-state index contributed by atoms with van der Waals surface area (Å²) in [6.07, 6.45) is 8.95. The highest BCUT2D eigenvalue weighted by molar-refractivity contribution is 5.37. The minimum absolute atomic E-state index is 0.168. The van der Waals surface area contributed by atoms with Crippen LogP contribution in [0.4, 0.5) is 5.82 Å². The number of aromatic nitrogens is 4. The minimum atomic E-state index is -0.298. The number of hydrogen-bond donors (Lipinski definition) is 2. The highest BCUT2D eigenvalue weighted by atomic mass is 16.3. The number of likely N-dealkylation sites (tertiary alicyclic amines) is 1. The molecule has 0 saturated carbocycles. The Morgan fingerprint density at radius 1 is 1.30 bits per heavy atom. The van der Waals surface area contributed by atoms with E-state index in [0.29, 0.717) is 6.54 Å². The van der Waals surface area contributed by atoms with Crippen molar-refractivity contribution in [3.8, 4) is 0 Å². The fraction of sp³-hybridized carbons (Fsp3) is 0.650. The van der Waals surface area contributed by atoms with Crippen LogP contribution in [0.15, 0.2) is 18.6 Å². The molecule has 0 radical (unpaired) electrons. The zero-order valence-electron chi connectivity index (χ0n) is 16.4. The Bertz CT molecular complexity index is 753. The molecular formula is C20H30N6O. The van der Waals surface area contributed by atoms with Crippen LogP contribution in [0.1, 0.15) is 43.4 Å². The number of anilines is 1. The summed E-state index contributed by atoms with van der Waals surface area (Å²) >= 11 is 0. The number of aliphatic hydroxyl groups excluding tert-OH is 1. The van der Waals surface area contributed by atoms with Crippen LogP contribution in [-0.2, 0) is 13.0 Å². The Hall–Kier alpha value is -1.99. The average Bonchev–Trinajstić information content (AvgIpc) is 3.04. The molecule has 7 heteroatoms. The molecule has 2 fully saturated rings. The molecule has 2 aliphatic rings. The molecule has 0 amide bonds. The third-order valence-corrected chi connectivity index (χ3v) is 6.16. The van der Waals surface area contributed by atoms with Crippen molar-refractivity contribution in [2.75, 3.05) is 31.1 Å². The second-order valence-corrected chi connectivity index (χ2v) is 8.19.